The predicted molar refractivity (Wildman–Crippen MR) is 76.6 cm³/mol. The Bertz CT molecular complexity index is 653. The maximum absolute atomic E-state index is 11.8. The smallest absolute Gasteiger partial charge is 0.284 e. The van der Waals surface area contributed by atoms with Crippen molar-refractivity contribution < 1.29 is 9.59 Å². The van der Waals surface area contributed by atoms with Crippen molar-refractivity contribution in [1.29, 1.82) is 0 Å². The van der Waals surface area contributed by atoms with Gasteiger partial charge in [0.05, 0.1) is 0 Å². The molecule has 1 aliphatic heterocycles. The van der Waals surface area contributed by atoms with E-state index in [2.05, 4.69) is 5.32 Å². The molecular weight excluding hydrogens is 252 g/mol. The lowest BCUT2D eigenvalue weighted by atomic mass is 10.0. The fraction of sp³-hybridized carbons (Fsp3) is 0.125. The number of benzene rings is 2. The molecule has 0 aromatic heterocycles. The van der Waals surface area contributed by atoms with E-state index in [9.17, 15) is 9.59 Å². The Morgan fingerprint density at radius 3 is 2.35 bits per heavy atom. The number of carbonyl (C=O) groups is 2. The summed E-state index contributed by atoms with van der Waals surface area (Å²) >= 11 is 0. The number of hydrogen-bond acceptors (Lipinski definition) is 2. The Balaban J connectivity index is 1.93. The van der Waals surface area contributed by atoms with E-state index >= 15 is 0 Å². The average Bonchev–Trinajstić information content (AvgIpc) is 2.79. The van der Waals surface area contributed by atoms with E-state index in [-0.39, 0.29) is 18.5 Å². The van der Waals surface area contributed by atoms with Crippen molar-refractivity contribution in [3.05, 3.63) is 65.7 Å². The molecule has 0 spiro atoms. The van der Waals surface area contributed by atoms with Crippen molar-refractivity contribution in [3.63, 3.8) is 0 Å². The van der Waals surface area contributed by atoms with Crippen LogP contribution in [0.4, 0.5) is 10.5 Å². The molecule has 100 valence electrons. The zero-order chi connectivity index (χ0) is 13.9. The van der Waals surface area contributed by atoms with Gasteiger partial charge in [0.1, 0.15) is 6.54 Å². The Morgan fingerprint density at radius 1 is 0.950 bits per heavy atom. The topological polar surface area (TPSA) is 49.4 Å². The van der Waals surface area contributed by atoms with E-state index in [1.165, 1.54) is 10.5 Å². The standard InChI is InChI=1S/C16H14N2O2/c19-15-11-18(16(20)17-15)14-9-5-4-8-13(14)10-12-6-2-1-3-7-12/h1-9H,10-11H2,(H,17,19,20). The van der Waals surface area contributed by atoms with Crippen LogP contribution in [-0.2, 0) is 11.2 Å². The van der Waals surface area contributed by atoms with Crippen LogP contribution in [0.1, 0.15) is 11.1 Å². The van der Waals surface area contributed by atoms with Crippen LogP contribution in [0.25, 0.3) is 0 Å². The van der Waals surface area contributed by atoms with Gasteiger partial charge in [0.2, 0.25) is 5.91 Å². The first-order valence-corrected chi connectivity index (χ1v) is 6.47. The molecule has 2 aromatic carbocycles. The monoisotopic (exact) mass is 266 g/mol. The highest BCUT2D eigenvalue weighted by Crippen LogP contribution is 2.24. The van der Waals surface area contributed by atoms with E-state index in [0.29, 0.717) is 0 Å². The number of imide groups is 1. The van der Waals surface area contributed by atoms with Crippen molar-refractivity contribution in [2.24, 2.45) is 0 Å². The first-order valence-electron chi connectivity index (χ1n) is 6.47. The maximum Gasteiger partial charge on any atom is 0.329 e. The van der Waals surface area contributed by atoms with Gasteiger partial charge in [-0.25, -0.2) is 4.79 Å². The summed E-state index contributed by atoms with van der Waals surface area (Å²) in [5, 5.41) is 2.30. The van der Waals surface area contributed by atoms with Gasteiger partial charge in [-0.15, -0.1) is 0 Å². The molecule has 1 heterocycles. The summed E-state index contributed by atoms with van der Waals surface area (Å²) in [6, 6.07) is 17.4. The molecule has 0 bridgehead atoms. The third kappa shape index (κ3) is 2.40. The molecule has 20 heavy (non-hydrogen) atoms. The Morgan fingerprint density at radius 2 is 1.65 bits per heavy atom. The largest absolute Gasteiger partial charge is 0.329 e. The molecule has 1 N–H and O–H groups in total. The number of para-hydroxylation sites is 1. The summed E-state index contributed by atoms with van der Waals surface area (Å²) < 4.78 is 0. The second kappa shape index (κ2) is 5.17. The van der Waals surface area contributed by atoms with Gasteiger partial charge in [-0.2, -0.15) is 0 Å². The highest BCUT2D eigenvalue weighted by molar-refractivity contribution is 6.12. The van der Waals surface area contributed by atoms with Crippen molar-refractivity contribution in [1.82, 2.24) is 5.32 Å². The van der Waals surface area contributed by atoms with Gasteiger partial charge < -0.3 is 0 Å². The molecule has 1 fully saturated rings. The zero-order valence-corrected chi connectivity index (χ0v) is 10.9. The normalized spacial score (nSPS) is 14.5. The summed E-state index contributed by atoms with van der Waals surface area (Å²) in [6.07, 6.45) is 0.731. The zero-order valence-electron chi connectivity index (χ0n) is 10.9. The summed E-state index contributed by atoms with van der Waals surface area (Å²) in [6.45, 7) is 0.0879. The van der Waals surface area contributed by atoms with E-state index in [4.69, 9.17) is 0 Å². The Kier molecular flexibility index (Phi) is 3.21. The molecule has 0 saturated carbocycles. The number of rotatable bonds is 3. The molecule has 0 atom stereocenters. The highest BCUT2D eigenvalue weighted by Gasteiger charge is 2.29. The molecule has 4 nitrogen and oxygen atoms in total. The molecule has 1 aliphatic rings. The molecule has 1 saturated heterocycles. The Hall–Kier alpha value is -2.62. The summed E-state index contributed by atoms with van der Waals surface area (Å²) in [4.78, 5) is 24.6. The van der Waals surface area contributed by atoms with Crippen LogP contribution in [0, 0.1) is 0 Å². The molecule has 2 aromatic rings. The van der Waals surface area contributed by atoms with Crippen LogP contribution in [0.15, 0.2) is 54.6 Å². The number of carbonyl (C=O) groups excluding carboxylic acids is 2. The number of nitrogens with zero attached hydrogens (tertiary/aromatic N) is 1. The second-order valence-corrected chi connectivity index (χ2v) is 4.73. The fourth-order valence-corrected chi connectivity index (χ4v) is 2.38. The summed E-state index contributed by atoms with van der Waals surface area (Å²) in [5.41, 5.74) is 2.99. The molecule has 0 aliphatic carbocycles. The van der Waals surface area contributed by atoms with E-state index in [0.717, 1.165) is 17.7 Å². The lowest BCUT2D eigenvalue weighted by molar-refractivity contribution is -0.117. The second-order valence-electron chi connectivity index (χ2n) is 4.73. The number of nitrogens with one attached hydrogen (secondary N) is 1. The molecule has 3 amide bonds. The minimum atomic E-state index is -0.351. The summed E-state index contributed by atoms with van der Waals surface area (Å²) in [7, 11) is 0. The van der Waals surface area contributed by atoms with Crippen LogP contribution in [0.2, 0.25) is 0 Å². The Labute approximate surface area is 117 Å². The van der Waals surface area contributed by atoms with Gasteiger partial charge in [-0.05, 0) is 23.6 Å². The first-order chi connectivity index (χ1) is 9.74. The van der Waals surface area contributed by atoms with Gasteiger partial charge in [0.15, 0.2) is 0 Å². The van der Waals surface area contributed by atoms with Gasteiger partial charge in [0, 0.05) is 5.69 Å². The van der Waals surface area contributed by atoms with Gasteiger partial charge in [-0.3, -0.25) is 15.0 Å². The van der Waals surface area contributed by atoms with Crippen LogP contribution >= 0.6 is 0 Å². The lowest BCUT2D eigenvalue weighted by Gasteiger charge is -2.17. The van der Waals surface area contributed by atoms with Gasteiger partial charge in [0.25, 0.3) is 0 Å². The van der Waals surface area contributed by atoms with Crippen LogP contribution < -0.4 is 10.2 Å². The third-order valence-electron chi connectivity index (χ3n) is 3.31. The van der Waals surface area contributed by atoms with Crippen LogP contribution in [0.3, 0.4) is 0 Å². The SMILES string of the molecule is O=C1CN(c2ccccc2Cc2ccccc2)C(=O)N1. The summed E-state index contributed by atoms with van der Waals surface area (Å²) in [5.74, 6) is -0.260. The van der Waals surface area contributed by atoms with Crippen molar-refractivity contribution in [3.8, 4) is 0 Å². The van der Waals surface area contributed by atoms with Crippen molar-refractivity contribution in [2.75, 3.05) is 11.4 Å². The third-order valence-corrected chi connectivity index (χ3v) is 3.31. The fourth-order valence-electron chi connectivity index (χ4n) is 2.38. The van der Waals surface area contributed by atoms with E-state index in [1.54, 1.807) is 0 Å². The van der Waals surface area contributed by atoms with Gasteiger partial charge in [-0.1, -0.05) is 48.5 Å². The predicted octanol–water partition coefficient (Wildman–Crippen LogP) is 2.33. The number of hydrogen-bond donors (Lipinski definition) is 1. The molecule has 0 radical (unpaired) electrons. The first kappa shape index (κ1) is 12.4. The van der Waals surface area contributed by atoms with Gasteiger partial charge >= 0.3 is 6.03 Å². The molecular formula is C16H14N2O2. The van der Waals surface area contributed by atoms with Crippen molar-refractivity contribution in [2.45, 2.75) is 6.42 Å². The van der Waals surface area contributed by atoms with Crippen LogP contribution in [-0.4, -0.2) is 18.5 Å². The van der Waals surface area contributed by atoms with Crippen LogP contribution in [0.5, 0.6) is 0 Å². The molecule has 3 rings (SSSR count). The minimum absolute atomic E-state index is 0.0879. The molecule has 0 unspecified atom stereocenters. The average molecular weight is 266 g/mol. The minimum Gasteiger partial charge on any atom is -0.284 e. The highest BCUT2D eigenvalue weighted by atomic mass is 16.2. The van der Waals surface area contributed by atoms with Crippen molar-refractivity contribution >= 4 is 17.6 Å². The number of amides is 3. The maximum atomic E-state index is 11.8. The lowest BCUT2D eigenvalue weighted by Crippen LogP contribution is -2.28. The number of urea groups is 1. The quantitative estimate of drug-likeness (QED) is 0.867. The number of anilines is 1. The van der Waals surface area contributed by atoms with E-state index in [1.807, 2.05) is 54.6 Å². The molecule has 4 heteroatoms. The van der Waals surface area contributed by atoms with E-state index < -0.39 is 0 Å².